The lowest BCUT2D eigenvalue weighted by atomic mass is 10.1. The minimum absolute atomic E-state index is 0.643. The summed E-state index contributed by atoms with van der Waals surface area (Å²) in [6, 6.07) is 0.644. The molecule has 3 aliphatic rings. The average molecular weight is 253 g/mol. The van der Waals surface area contributed by atoms with Gasteiger partial charge in [-0.1, -0.05) is 13.8 Å². The van der Waals surface area contributed by atoms with Crippen LogP contribution in [0.1, 0.15) is 13.8 Å². The maximum absolute atomic E-state index is 4.27. The number of guanidine groups is 1. The van der Waals surface area contributed by atoms with E-state index in [-0.39, 0.29) is 0 Å². The minimum atomic E-state index is 0.643. The highest BCUT2D eigenvalue weighted by Gasteiger charge is 2.31. The first-order valence-electron chi connectivity index (χ1n) is 7.10. The van der Waals surface area contributed by atoms with Crippen LogP contribution in [0.15, 0.2) is 4.99 Å². The molecule has 1 unspecified atom stereocenters. The summed E-state index contributed by atoms with van der Waals surface area (Å²) in [4.78, 5) is 9.43. The zero-order valence-corrected chi connectivity index (χ0v) is 11.9. The quantitative estimate of drug-likeness (QED) is 0.538. The summed E-state index contributed by atoms with van der Waals surface area (Å²) in [5.41, 5.74) is 0. The lowest BCUT2D eigenvalue weighted by molar-refractivity contribution is 0.0154. The minimum Gasteiger partial charge on any atom is -0.356 e. The molecule has 3 rings (SSSR count). The predicted octanol–water partition coefficient (Wildman–Crippen LogP) is -0.193. The Hall–Kier alpha value is -0.810. The smallest absolute Gasteiger partial charge is 0.191 e. The third-order valence-electron chi connectivity index (χ3n) is 3.80. The average Bonchev–Trinajstić information content (AvgIpc) is 2.40. The van der Waals surface area contributed by atoms with Gasteiger partial charge in [-0.25, -0.2) is 0 Å². The van der Waals surface area contributed by atoms with Gasteiger partial charge in [0.15, 0.2) is 5.96 Å². The molecule has 0 aromatic rings. The number of nitrogens with one attached hydrogen (secondary N) is 2. The van der Waals surface area contributed by atoms with E-state index >= 15 is 0 Å². The molecule has 3 saturated heterocycles. The van der Waals surface area contributed by atoms with Gasteiger partial charge in [-0.3, -0.25) is 14.8 Å². The molecule has 0 aromatic heterocycles. The van der Waals surface area contributed by atoms with Crippen LogP contribution in [0.5, 0.6) is 0 Å². The van der Waals surface area contributed by atoms with Crippen molar-refractivity contribution in [3.63, 3.8) is 0 Å². The first-order valence-corrected chi connectivity index (χ1v) is 7.10. The monoisotopic (exact) mass is 253 g/mol. The second-order valence-corrected chi connectivity index (χ2v) is 5.72. The van der Waals surface area contributed by atoms with E-state index in [0.29, 0.717) is 12.0 Å². The SMILES string of the molecule is CN=C(NCC(C)C)NCC1CN2CCN1CC2. The Kier molecular flexibility index (Phi) is 4.83. The van der Waals surface area contributed by atoms with Crippen LogP contribution in [0, 0.1) is 5.92 Å². The van der Waals surface area contributed by atoms with Gasteiger partial charge in [-0.05, 0) is 5.92 Å². The lowest BCUT2D eigenvalue weighted by Crippen LogP contribution is -2.63. The van der Waals surface area contributed by atoms with Crippen molar-refractivity contribution in [2.24, 2.45) is 10.9 Å². The number of nitrogens with zero attached hydrogens (tertiary/aromatic N) is 3. The molecule has 2 N–H and O–H groups in total. The molecular weight excluding hydrogens is 226 g/mol. The van der Waals surface area contributed by atoms with Gasteiger partial charge < -0.3 is 10.6 Å². The summed E-state index contributed by atoms with van der Waals surface area (Å²) in [6.07, 6.45) is 0. The van der Waals surface area contributed by atoms with E-state index in [1.165, 1.54) is 32.7 Å². The van der Waals surface area contributed by atoms with Crippen LogP contribution in [0.3, 0.4) is 0 Å². The molecule has 3 aliphatic heterocycles. The van der Waals surface area contributed by atoms with Crippen molar-refractivity contribution >= 4 is 5.96 Å². The van der Waals surface area contributed by atoms with Crippen LogP contribution in [-0.2, 0) is 0 Å². The highest BCUT2D eigenvalue weighted by Crippen LogP contribution is 2.14. The number of aliphatic imine (C=N–C) groups is 1. The van der Waals surface area contributed by atoms with Crippen molar-refractivity contribution in [2.75, 3.05) is 52.9 Å². The van der Waals surface area contributed by atoms with Gasteiger partial charge in [0.1, 0.15) is 0 Å². The normalized spacial score (nSPS) is 31.8. The Morgan fingerprint density at radius 3 is 2.44 bits per heavy atom. The number of piperazine rings is 3. The third kappa shape index (κ3) is 3.59. The fourth-order valence-corrected chi connectivity index (χ4v) is 2.65. The summed E-state index contributed by atoms with van der Waals surface area (Å²) in [5, 5.41) is 6.81. The van der Waals surface area contributed by atoms with Crippen LogP contribution < -0.4 is 10.6 Å². The Morgan fingerprint density at radius 1 is 1.22 bits per heavy atom. The van der Waals surface area contributed by atoms with Crippen LogP contribution >= 0.6 is 0 Å². The highest BCUT2D eigenvalue weighted by molar-refractivity contribution is 5.79. The van der Waals surface area contributed by atoms with Gasteiger partial charge in [0.2, 0.25) is 0 Å². The van der Waals surface area contributed by atoms with Crippen LogP contribution in [0.25, 0.3) is 0 Å². The molecule has 1 atom stereocenters. The molecule has 18 heavy (non-hydrogen) atoms. The van der Waals surface area contributed by atoms with E-state index in [1.54, 1.807) is 0 Å². The van der Waals surface area contributed by atoms with Crippen molar-refractivity contribution in [1.29, 1.82) is 0 Å². The molecule has 0 aliphatic carbocycles. The Bertz CT molecular complexity index is 281. The first-order chi connectivity index (χ1) is 8.69. The van der Waals surface area contributed by atoms with E-state index in [2.05, 4.69) is 39.3 Å². The predicted molar refractivity (Wildman–Crippen MR) is 76.0 cm³/mol. The maximum Gasteiger partial charge on any atom is 0.191 e. The number of rotatable bonds is 4. The second-order valence-electron chi connectivity index (χ2n) is 5.72. The Balaban J connectivity index is 1.73. The molecule has 0 radical (unpaired) electrons. The molecule has 3 fully saturated rings. The highest BCUT2D eigenvalue weighted by atomic mass is 15.4. The summed E-state index contributed by atoms with van der Waals surface area (Å²) in [5.74, 6) is 1.57. The van der Waals surface area contributed by atoms with Gasteiger partial charge in [0.05, 0.1) is 0 Å². The van der Waals surface area contributed by atoms with Crippen molar-refractivity contribution in [2.45, 2.75) is 19.9 Å². The Labute approximate surface area is 111 Å². The van der Waals surface area contributed by atoms with Crippen LogP contribution in [0.2, 0.25) is 0 Å². The topological polar surface area (TPSA) is 42.9 Å². The fraction of sp³-hybridized carbons (Fsp3) is 0.923. The molecule has 104 valence electrons. The third-order valence-corrected chi connectivity index (χ3v) is 3.80. The van der Waals surface area contributed by atoms with Gasteiger partial charge in [-0.15, -0.1) is 0 Å². The number of hydrogen-bond acceptors (Lipinski definition) is 3. The second kappa shape index (κ2) is 6.38. The van der Waals surface area contributed by atoms with Gasteiger partial charge in [0.25, 0.3) is 0 Å². The van der Waals surface area contributed by atoms with Gasteiger partial charge in [-0.2, -0.15) is 0 Å². The van der Waals surface area contributed by atoms with Gasteiger partial charge in [0, 0.05) is 58.9 Å². The van der Waals surface area contributed by atoms with Crippen LogP contribution in [-0.4, -0.2) is 74.7 Å². The fourth-order valence-electron chi connectivity index (χ4n) is 2.65. The largest absolute Gasteiger partial charge is 0.356 e. The summed E-state index contributed by atoms with van der Waals surface area (Å²) in [7, 11) is 1.84. The van der Waals surface area contributed by atoms with Crippen molar-refractivity contribution in [1.82, 2.24) is 20.4 Å². The van der Waals surface area contributed by atoms with E-state index in [0.717, 1.165) is 19.0 Å². The molecule has 5 heteroatoms. The Morgan fingerprint density at radius 2 is 1.94 bits per heavy atom. The van der Waals surface area contributed by atoms with E-state index < -0.39 is 0 Å². The molecule has 0 amide bonds. The van der Waals surface area contributed by atoms with E-state index in [1.807, 2.05) is 7.05 Å². The van der Waals surface area contributed by atoms with Crippen LogP contribution in [0.4, 0.5) is 0 Å². The van der Waals surface area contributed by atoms with E-state index in [9.17, 15) is 0 Å². The summed E-state index contributed by atoms with van der Waals surface area (Å²) < 4.78 is 0. The molecule has 3 heterocycles. The molecular formula is C13H27N5. The molecule has 0 saturated carbocycles. The zero-order valence-electron chi connectivity index (χ0n) is 11.9. The van der Waals surface area contributed by atoms with Gasteiger partial charge >= 0.3 is 0 Å². The summed E-state index contributed by atoms with van der Waals surface area (Å²) in [6.45, 7) is 12.5. The molecule has 5 nitrogen and oxygen atoms in total. The standard InChI is InChI=1S/C13H27N5/c1-11(2)8-15-13(14-3)16-9-12-10-17-4-6-18(12)7-5-17/h11-12H,4-10H2,1-3H3,(H2,14,15,16). The number of fused-ring (bicyclic) bond motifs is 3. The van der Waals surface area contributed by atoms with Crippen molar-refractivity contribution in [3.8, 4) is 0 Å². The first kappa shape index (κ1) is 13.6. The van der Waals surface area contributed by atoms with E-state index in [4.69, 9.17) is 0 Å². The van der Waals surface area contributed by atoms with Crippen molar-refractivity contribution in [3.05, 3.63) is 0 Å². The molecule has 0 spiro atoms. The molecule has 0 aromatic carbocycles. The lowest BCUT2D eigenvalue weighted by Gasteiger charge is -2.47. The van der Waals surface area contributed by atoms with Crippen molar-refractivity contribution < 1.29 is 0 Å². The maximum atomic E-state index is 4.27. The summed E-state index contributed by atoms with van der Waals surface area (Å²) >= 11 is 0. The zero-order chi connectivity index (χ0) is 13.0. The molecule has 2 bridgehead atoms. The number of hydrogen-bond donors (Lipinski definition) is 2.